The summed E-state index contributed by atoms with van der Waals surface area (Å²) in [7, 11) is 2.98. The molecule has 0 unspecified atom stereocenters. The summed E-state index contributed by atoms with van der Waals surface area (Å²) in [6, 6.07) is 17.3. The van der Waals surface area contributed by atoms with E-state index in [-0.39, 0.29) is 0 Å². The molecule has 0 amide bonds. The maximum atomic E-state index is 12.3. The maximum Gasteiger partial charge on any atom is 0.351 e. The molecule has 0 radical (unpaired) electrons. The second kappa shape index (κ2) is 7.74. The van der Waals surface area contributed by atoms with Crippen LogP contribution in [0.3, 0.4) is 0 Å². The largest absolute Gasteiger partial charge is 0.497 e. The molecule has 0 aliphatic carbocycles. The van der Waals surface area contributed by atoms with E-state index in [0.717, 1.165) is 27.3 Å². The average molecular weight is 394 g/mol. The minimum absolute atomic E-state index is 0.308. The SMILES string of the molecule is COC(=O)c1sc(-n2cnc3ccccc32)cc1OCc1cccc(OC)c1. The second-order valence-electron chi connectivity index (χ2n) is 6.01. The lowest BCUT2D eigenvalue weighted by Gasteiger charge is -2.07. The van der Waals surface area contributed by atoms with E-state index in [1.165, 1.54) is 18.4 Å². The van der Waals surface area contributed by atoms with Gasteiger partial charge in [0, 0.05) is 6.07 Å². The minimum atomic E-state index is -0.429. The molecule has 0 aliphatic heterocycles. The molecule has 0 bridgehead atoms. The van der Waals surface area contributed by atoms with Crippen molar-refractivity contribution in [1.29, 1.82) is 0 Å². The van der Waals surface area contributed by atoms with Crippen LogP contribution in [0.5, 0.6) is 11.5 Å². The first-order valence-corrected chi connectivity index (χ1v) is 9.41. The molecule has 0 aliphatic rings. The summed E-state index contributed by atoms with van der Waals surface area (Å²) >= 11 is 1.31. The van der Waals surface area contributed by atoms with Crippen molar-refractivity contribution in [2.75, 3.05) is 14.2 Å². The summed E-state index contributed by atoms with van der Waals surface area (Å²) in [5.41, 5.74) is 2.78. The van der Waals surface area contributed by atoms with Crippen molar-refractivity contribution in [2.45, 2.75) is 6.61 Å². The topological polar surface area (TPSA) is 62.6 Å². The second-order valence-corrected chi connectivity index (χ2v) is 7.04. The van der Waals surface area contributed by atoms with Crippen molar-refractivity contribution in [3.63, 3.8) is 0 Å². The Kier molecular flexibility index (Phi) is 4.99. The zero-order valence-electron chi connectivity index (χ0n) is 15.4. The number of imidazole rings is 1. The number of carbonyl (C=O) groups is 1. The van der Waals surface area contributed by atoms with Gasteiger partial charge in [0.1, 0.15) is 29.4 Å². The van der Waals surface area contributed by atoms with Crippen LogP contribution in [0, 0.1) is 0 Å². The first kappa shape index (κ1) is 18.1. The zero-order valence-corrected chi connectivity index (χ0v) is 16.2. The van der Waals surface area contributed by atoms with Crippen LogP contribution in [-0.4, -0.2) is 29.7 Å². The maximum absolute atomic E-state index is 12.3. The predicted octanol–water partition coefficient (Wildman–Crippen LogP) is 4.46. The molecule has 0 saturated heterocycles. The molecule has 4 rings (SSSR count). The Bertz CT molecular complexity index is 1130. The molecular formula is C21H18N2O4S. The highest BCUT2D eigenvalue weighted by molar-refractivity contribution is 7.16. The zero-order chi connectivity index (χ0) is 19.5. The Morgan fingerprint density at radius 2 is 1.96 bits per heavy atom. The number of ether oxygens (including phenoxy) is 3. The number of para-hydroxylation sites is 2. The first-order valence-electron chi connectivity index (χ1n) is 8.60. The number of benzene rings is 2. The van der Waals surface area contributed by atoms with Gasteiger partial charge in [-0.05, 0) is 29.8 Å². The molecule has 0 atom stereocenters. The number of thiophene rings is 1. The Hall–Kier alpha value is -3.32. The highest BCUT2D eigenvalue weighted by atomic mass is 32.1. The minimum Gasteiger partial charge on any atom is -0.497 e. The van der Waals surface area contributed by atoms with Gasteiger partial charge in [0.2, 0.25) is 0 Å². The van der Waals surface area contributed by atoms with Crippen LogP contribution in [0.15, 0.2) is 60.9 Å². The number of carbonyl (C=O) groups excluding carboxylic acids is 1. The predicted molar refractivity (Wildman–Crippen MR) is 108 cm³/mol. The van der Waals surface area contributed by atoms with Crippen molar-refractivity contribution in [3.8, 4) is 16.5 Å². The third-order valence-electron chi connectivity index (χ3n) is 4.28. The summed E-state index contributed by atoms with van der Waals surface area (Å²) in [4.78, 5) is 17.1. The van der Waals surface area contributed by atoms with Gasteiger partial charge < -0.3 is 14.2 Å². The molecule has 0 fully saturated rings. The molecule has 4 aromatic rings. The standard InChI is InChI=1S/C21H18N2O4S/c1-25-15-7-5-6-14(10-15)12-27-18-11-19(28-20(18)21(24)26-2)23-13-22-16-8-3-4-9-17(16)23/h3-11,13H,12H2,1-2H3. The van der Waals surface area contributed by atoms with Crippen LogP contribution in [0.25, 0.3) is 16.0 Å². The molecule has 0 saturated carbocycles. The third-order valence-corrected chi connectivity index (χ3v) is 5.37. The van der Waals surface area contributed by atoms with E-state index in [4.69, 9.17) is 14.2 Å². The van der Waals surface area contributed by atoms with Crippen molar-refractivity contribution < 1.29 is 19.0 Å². The number of esters is 1. The quantitative estimate of drug-likeness (QED) is 0.452. The van der Waals surface area contributed by atoms with Crippen molar-refractivity contribution in [2.24, 2.45) is 0 Å². The monoisotopic (exact) mass is 394 g/mol. The fraction of sp³-hybridized carbons (Fsp3) is 0.143. The van der Waals surface area contributed by atoms with E-state index in [1.807, 2.05) is 59.2 Å². The molecule has 6 nitrogen and oxygen atoms in total. The van der Waals surface area contributed by atoms with Crippen LogP contribution in [-0.2, 0) is 11.3 Å². The summed E-state index contributed by atoms with van der Waals surface area (Å²) in [5, 5.41) is 0.828. The summed E-state index contributed by atoms with van der Waals surface area (Å²) in [6.07, 6.45) is 1.74. The van der Waals surface area contributed by atoms with Crippen LogP contribution < -0.4 is 9.47 Å². The highest BCUT2D eigenvalue weighted by Gasteiger charge is 2.20. The summed E-state index contributed by atoms with van der Waals surface area (Å²) in [6.45, 7) is 0.308. The van der Waals surface area contributed by atoms with Gasteiger partial charge in [-0.3, -0.25) is 4.57 Å². The van der Waals surface area contributed by atoms with Gasteiger partial charge in [0.25, 0.3) is 0 Å². The lowest BCUT2D eigenvalue weighted by molar-refractivity contribution is 0.0601. The van der Waals surface area contributed by atoms with Crippen LogP contribution in [0.4, 0.5) is 0 Å². The number of rotatable bonds is 6. The number of fused-ring (bicyclic) bond motifs is 1. The number of hydrogen-bond donors (Lipinski definition) is 0. The molecule has 2 aromatic heterocycles. The van der Waals surface area contributed by atoms with Gasteiger partial charge in [-0.15, -0.1) is 11.3 Å². The van der Waals surface area contributed by atoms with Gasteiger partial charge in [0.15, 0.2) is 4.88 Å². The Balaban J connectivity index is 1.67. The van der Waals surface area contributed by atoms with Gasteiger partial charge in [-0.25, -0.2) is 9.78 Å². The first-order chi connectivity index (χ1) is 13.7. The molecule has 7 heteroatoms. The summed E-state index contributed by atoms with van der Waals surface area (Å²) in [5.74, 6) is 0.805. The van der Waals surface area contributed by atoms with E-state index in [9.17, 15) is 4.79 Å². The highest BCUT2D eigenvalue weighted by Crippen LogP contribution is 2.34. The van der Waals surface area contributed by atoms with Crippen molar-refractivity contribution in [3.05, 3.63) is 71.4 Å². The summed E-state index contributed by atoms with van der Waals surface area (Å²) < 4.78 is 18.1. The van der Waals surface area contributed by atoms with Crippen LogP contribution >= 0.6 is 11.3 Å². The fourth-order valence-electron chi connectivity index (χ4n) is 2.88. The Labute approximate surface area is 165 Å². The molecule has 2 aromatic carbocycles. The van der Waals surface area contributed by atoms with E-state index >= 15 is 0 Å². The molecule has 28 heavy (non-hydrogen) atoms. The van der Waals surface area contributed by atoms with E-state index < -0.39 is 5.97 Å². The number of aromatic nitrogens is 2. The molecule has 142 valence electrons. The Morgan fingerprint density at radius 3 is 2.79 bits per heavy atom. The lowest BCUT2D eigenvalue weighted by Crippen LogP contribution is -2.02. The van der Waals surface area contributed by atoms with Crippen molar-refractivity contribution in [1.82, 2.24) is 9.55 Å². The van der Waals surface area contributed by atoms with Gasteiger partial charge in [-0.2, -0.15) is 0 Å². The normalized spacial score (nSPS) is 10.8. The number of hydrogen-bond acceptors (Lipinski definition) is 6. The molecule has 2 heterocycles. The lowest BCUT2D eigenvalue weighted by atomic mass is 10.2. The van der Waals surface area contributed by atoms with E-state index in [2.05, 4.69) is 4.98 Å². The van der Waals surface area contributed by atoms with E-state index in [0.29, 0.717) is 17.2 Å². The molecule has 0 N–H and O–H groups in total. The fourth-order valence-corrected chi connectivity index (χ4v) is 3.89. The van der Waals surface area contributed by atoms with Gasteiger partial charge >= 0.3 is 5.97 Å². The van der Waals surface area contributed by atoms with Gasteiger partial charge in [-0.1, -0.05) is 24.3 Å². The van der Waals surface area contributed by atoms with E-state index in [1.54, 1.807) is 13.4 Å². The molecular weight excluding hydrogens is 376 g/mol. The smallest absolute Gasteiger partial charge is 0.351 e. The number of methoxy groups -OCH3 is 2. The average Bonchev–Trinajstić information content (AvgIpc) is 3.36. The van der Waals surface area contributed by atoms with Crippen LogP contribution in [0.1, 0.15) is 15.2 Å². The van der Waals surface area contributed by atoms with Crippen molar-refractivity contribution >= 4 is 28.3 Å². The Morgan fingerprint density at radius 1 is 1.11 bits per heavy atom. The number of nitrogens with zero attached hydrogens (tertiary/aromatic N) is 2. The molecule has 0 spiro atoms. The van der Waals surface area contributed by atoms with Crippen LogP contribution in [0.2, 0.25) is 0 Å². The third kappa shape index (κ3) is 3.44. The van der Waals surface area contributed by atoms with Gasteiger partial charge in [0.05, 0.1) is 25.3 Å².